The summed E-state index contributed by atoms with van der Waals surface area (Å²) in [5.41, 5.74) is 0. The summed E-state index contributed by atoms with van der Waals surface area (Å²) in [5.74, 6) is -1.22. The van der Waals surface area contributed by atoms with Crippen LogP contribution in [-0.4, -0.2) is 139 Å². The zero-order valence-electron chi connectivity index (χ0n) is 30.5. The first-order valence-corrected chi connectivity index (χ1v) is 18.6. The Kier molecular flexibility index (Phi) is 29.7. The largest absolute Gasteiger partial charge is 1.00 e. The van der Waals surface area contributed by atoms with E-state index in [1.54, 1.807) is 0 Å². The van der Waals surface area contributed by atoms with Gasteiger partial charge in [-0.05, 0) is 25.7 Å². The van der Waals surface area contributed by atoms with Crippen molar-refractivity contribution in [1.82, 2.24) is 4.90 Å². The Labute approximate surface area is 320 Å². The Hall–Kier alpha value is -0.460. The van der Waals surface area contributed by atoms with Crippen molar-refractivity contribution in [1.29, 1.82) is 0 Å². The van der Waals surface area contributed by atoms with Crippen molar-refractivity contribution in [3.63, 3.8) is 0 Å². The minimum Gasteiger partial charge on any atom is -0.550 e. The monoisotopic (exact) mass is 731 g/mol. The molecule has 8 N–H and O–H groups in total. The van der Waals surface area contributed by atoms with Gasteiger partial charge in [-0.1, -0.05) is 96.8 Å². The molecule has 9 atom stereocenters. The molecule has 0 aromatic carbocycles. The molecule has 1 amide bonds. The SMILES string of the molecule is CCCCCCCCCCCC(=O)N(CCCCCCCCCCC(=O)[O-])C[C@H](O)[C@@H](O)[C@H](O[C@@H]1O[C@H](CO)[C@H](O)[C@H](O)[C@H]1O)[C@H](O)CO.[Na+]. The van der Waals surface area contributed by atoms with Crippen LogP contribution in [0.3, 0.4) is 0 Å². The minimum absolute atomic E-state index is 0. The molecule has 290 valence electrons. The number of amides is 1. The van der Waals surface area contributed by atoms with Crippen molar-refractivity contribution in [3.8, 4) is 0 Å². The Balaban J connectivity index is 0.0000240. The van der Waals surface area contributed by atoms with Crippen LogP contribution in [0, 0.1) is 0 Å². The Bertz CT molecular complexity index is 857. The van der Waals surface area contributed by atoms with Gasteiger partial charge in [0.05, 0.1) is 13.2 Å². The molecule has 0 bridgehead atoms. The molecule has 0 spiro atoms. The molecule has 15 heteroatoms. The molecule has 14 nitrogen and oxygen atoms in total. The molecule has 50 heavy (non-hydrogen) atoms. The standard InChI is InChI=1S/C35H67NO13.Na/c1-2-3-4-5-6-7-10-13-16-19-28(41)36(21-18-15-12-9-8-11-14-17-20-29(42)43)22-25(39)30(44)34(26(40)23-37)49-35-33(47)32(46)31(45)27(24-38)48-35;/h25-27,30-35,37-40,44-47H,2-24H2,1H3,(H,42,43);/q;+1/p-1/t25-,26+,27+,30+,31-,32-,33+,34+,35-;/m0./s1. The molecule has 1 aliphatic rings. The number of aliphatic hydroxyl groups is 8. The van der Waals surface area contributed by atoms with E-state index in [9.17, 15) is 55.5 Å². The van der Waals surface area contributed by atoms with Crippen molar-refractivity contribution in [2.24, 2.45) is 0 Å². The average Bonchev–Trinajstić information content (AvgIpc) is 3.08. The normalized spacial score (nSPS) is 23.1. The van der Waals surface area contributed by atoms with E-state index in [0.29, 0.717) is 25.8 Å². The fourth-order valence-electron chi connectivity index (χ4n) is 6.09. The maximum absolute atomic E-state index is 13.3. The molecule has 1 fully saturated rings. The van der Waals surface area contributed by atoms with Crippen molar-refractivity contribution in [2.75, 3.05) is 26.3 Å². The molecule has 1 aliphatic heterocycles. The summed E-state index contributed by atoms with van der Waals surface area (Å²) in [6.45, 7) is 0.589. The molecule has 1 rings (SSSR count). The number of carboxylic acid groups (broad SMARTS) is 1. The first kappa shape index (κ1) is 49.5. The number of aliphatic carboxylic acids is 1. The van der Waals surface area contributed by atoms with Crippen molar-refractivity contribution in [2.45, 2.75) is 184 Å². The van der Waals surface area contributed by atoms with Gasteiger partial charge in [0.15, 0.2) is 6.29 Å². The molecule has 0 aliphatic carbocycles. The van der Waals surface area contributed by atoms with Crippen molar-refractivity contribution < 1.29 is 94.6 Å². The summed E-state index contributed by atoms with van der Waals surface area (Å²) >= 11 is 0. The van der Waals surface area contributed by atoms with Gasteiger partial charge in [0.1, 0.15) is 48.8 Å². The summed E-state index contributed by atoms with van der Waals surface area (Å²) in [5, 5.41) is 92.7. The van der Waals surface area contributed by atoms with Gasteiger partial charge >= 0.3 is 29.6 Å². The second-order valence-electron chi connectivity index (χ2n) is 13.5. The fraction of sp³-hybridized carbons (Fsp3) is 0.943. The van der Waals surface area contributed by atoms with Crippen LogP contribution in [0.4, 0.5) is 0 Å². The van der Waals surface area contributed by atoms with Gasteiger partial charge < -0.3 is 65.1 Å². The molecule has 0 unspecified atom stereocenters. The van der Waals surface area contributed by atoms with Gasteiger partial charge in [-0.15, -0.1) is 0 Å². The zero-order chi connectivity index (χ0) is 36.6. The van der Waals surface area contributed by atoms with Crippen LogP contribution in [0.2, 0.25) is 0 Å². The van der Waals surface area contributed by atoms with Gasteiger partial charge in [0.25, 0.3) is 0 Å². The summed E-state index contributed by atoms with van der Waals surface area (Å²) in [6, 6.07) is 0. The first-order chi connectivity index (χ1) is 23.5. The van der Waals surface area contributed by atoms with Crippen LogP contribution >= 0.6 is 0 Å². The third kappa shape index (κ3) is 20.1. The van der Waals surface area contributed by atoms with Crippen molar-refractivity contribution in [3.05, 3.63) is 0 Å². The van der Waals surface area contributed by atoms with Gasteiger partial charge in [-0.2, -0.15) is 0 Å². The maximum atomic E-state index is 13.3. The van der Waals surface area contributed by atoms with E-state index >= 15 is 0 Å². The number of hydrogen-bond donors (Lipinski definition) is 8. The third-order valence-electron chi connectivity index (χ3n) is 9.25. The number of carbonyl (C=O) groups excluding carboxylic acids is 2. The number of nitrogens with zero attached hydrogens (tertiary/aromatic N) is 1. The Morgan fingerprint density at radius 2 is 1.22 bits per heavy atom. The molecular weight excluding hydrogens is 665 g/mol. The maximum Gasteiger partial charge on any atom is 1.00 e. The number of ether oxygens (including phenoxy) is 2. The van der Waals surface area contributed by atoms with Gasteiger partial charge in [-0.3, -0.25) is 4.79 Å². The van der Waals surface area contributed by atoms with Crippen LogP contribution in [0.1, 0.15) is 129 Å². The van der Waals surface area contributed by atoms with Crippen LogP contribution in [0.15, 0.2) is 0 Å². The van der Waals surface area contributed by atoms with Crippen molar-refractivity contribution >= 4 is 11.9 Å². The number of rotatable bonds is 30. The summed E-state index contributed by atoms with van der Waals surface area (Å²) in [6.07, 6.45) is 1.55. The van der Waals surface area contributed by atoms with E-state index in [-0.39, 0.29) is 54.9 Å². The van der Waals surface area contributed by atoms with Crippen LogP contribution in [0.25, 0.3) is 0 Å². The molecule has 1 heterocycles. The molecule has 0 radical (unpaired) electrons. The second-order valence-corrected chi connectivity index (χ2v) is 13.5. The van der Waals surface area contributed by atoms with Gasteiger partial charge in [0.2, 0.25) is 5.91 Å². The molecule has 0 aromatic heterocycles. The van der Waals surface area contributed by atoms with E-state index in [1.165, 1.54) is 37.0 Å². The van der Waals surface area contributed by atoms with Gasteiger partial charge in [0, 0.05) is 25.5 Å². The molecule has 0 aromatic rings. The topological polar surface area (TPSA) is 241 Å². The van der Waals surface area contributed by atoms with E-state index in [4.69, 9.17) is 9.47 Å². The van der Waals surface area contributed by atoms with E-state index in [0.717, 1.165) is 57.8 Å². The summed E-state index contributed by atoms with van der Waals surface area (Å²) < 4.78 is 10.8. The van der Waals surface area contributed by atoms with E-state index < -0.39 is 74.3 Å². The molecule has 1 saturated heterocycles. The number of carboxylic acids is 1. The number of aliphatic hydroxyl groups excluding tert-OH is 8. The molecule has 0 saturated carbocycles. The Morgan fingerprint density at radius 3 is 1.72 bits per heavy atom. The minimum atomic E-state index is -1.87. The second kappa shape index (κ2) is 29.9. The summed E-state index contributed by atoms with van der Waals surface area (Å²) in [7, 11) is 0. The number of hydrogen-bond acceptors (Lipinski definition) is 13. The third-order valence-corrected chi connectivity index (χ3v) is 9.25. The van der Waals surface area contributed by atoms with E-state index in [2.05, 4.69) is 6.92 Å². The van der Waals surface area contributed by atoms with E-state index in [1.807, 2.05) is 0 Å². The Morgan fingerprint density at radius 1 is 0.720 bits per heavy atom. The number of carbonyl (C=O) groups is 2. The van der Waals surface area contributed by atoms with Crippen LogP contribution < -0.4 is 34.7 Å². The predicted molar refractivity (Wildman–Crippen MR) is 179 cm³/mol. The van der Waals surface area contributed by atoms with Crippen LogP contribution in [0.5, 0.6) is 0 Å². The summed E-state index contributed by atoms with van der Waals surface area (Å²) in [4.78, 5) is 25.3. The fourth-order valence-corrected chi connectivity index (χ4v) is 6.09. The predicted octanol–water partition coefficient (Wildman–Crippen LogP) is -2.74. The van der Waals surface area contributed by atoms with Gasteiger partial charge in [-0.25, -0.2) is 0 Å². The van der Waals surface area contributed by atoms with Crippen LogP contribution in [-0.2, 0) is 19.1 Å². The molecular formula is C35H66NNaO13. The smallest absolute Gasteiger partial charge is 0.550 e. The average molecular weight is 732 g/mol. The first-order valence-electron chi connectivity index (χ1n) is 18.6. The zero-order valence-corrected chi connectivity index (χ0v) is 32.5. The quantitative estimate of drug-likeness (QED) is 0.0277. The number of unbranched alkanes of at least 4 members (excludes halogenated alkanes) is 15.